The molecule has 1 amide bonds. The Morgan fingerprint density at radius 1 is 1.43 bits per heavy atom. The van der Waals surface area contributed by atoms with Gasteiger partial charge in [0.15, 0.2) is 0 Å². The normalized spacial score (nSPS) is 21.7. The zero-order chi connectivity index (χ0) is 15.0. The van der Waals surface area contributed by atoms with Crippen molar-refractivity contribution in [2.45, 2.75) is 12.3 Å². The molecule has 21 heavy (non-hydrogen) atoms. The van der Waals surface area contributed by atoms with Crippen molar-refractivity contribution in [2.24, 2.45) is 5.92 Å². The van der Waals surface area contributed by atoms with E-state index in [9.17, 15) is 13.6 Å². The van der Waals surface area contributed by atoms with E-state index in [1.807, 2.05) is 6.07 Å². The Labute approximate surface area is 120 Å². The molecule has 0 spiro atoms. The van der Waals surface area contributed by atoms with Crippen molar-refractivity contribution in [1.29, 1.82) is 0 Å². The van der Waals surface area contributed by atoms with Crippen molar-refractivity contribution in [2.75, 3.05) is 19.7 Å². The van der Waals surface area contributed by atoms with Gasteiger partial charge in [-0.1, -0.05) is 6.07 Å². The molecular formula is C15H16F2N2O2. The fourth-order valence-corrected chi connectivity index (χ4v) is 2.80. The van der Waals surface area contributed by atoms with Crippen LogP contribution in [0.4, 0.5) is 8.78 Å². The van der Waals surface area contributed by atoms with E-state index < -0.39 is 24.9 Å². The maximum Gasteiger partial charge on any atom is 0.256 e. The Hall–Kier alpha value is -1.95. The number of likely N-dealkylation sites (tertiary alicyclic amines) is 1. The number of H-pyrrole nitrogens is 1. The minimum absolute atomic E-state index is 0.00312. The molecule has 0 aliphatic carbocycles. The zero-order valence-electron chi connectivity index (χ0n) is 11.4. The largest absolute Gasteiger partial charge is 0.396 e. The van der Waals surface area contributed by atoms with Crippen LogP contribution < -0.4 is 0 Å². The molecule has 2 N–H and O–H groups in total. The van der Waals surface area contributed by atoms with Crippen molar-refractivity contribution in [3.05, 3.63) is 36.0 Å². The molecule has 4 nitrogen and oxygen atoms in total. The molecule has 6 heteroatoms. The highest BCUT2D eigenvalue weighted by molar-refractivity contribution is 6.06. The minimum atomic E-state index is -2.91. The lowest BCUT2D eigenvalue weighted by molar-refractivity contribution is -0.113. The summed E-state index contributed by atoms with van der Waals surface area (Å²) in [5.41, 5.74) is 1.33. The van der Waals surface area contributed by atoms with Crippen LogP contribution in [-0.2, 0) is 0 Å². The monoisotopic (exact) mass is 294 g/mol. The summed E-state index contributed by atoms with van der Waals surface area (Å²) in [7, 11) is 0. The number of piperidine rings is 1. The molecule has 1 aliphatic heterocycles. The van der Waals surface area contributed by atoms with Crippen LogP contribution in [0.1, 0.15) is 16.8 Å². The molecule has 112 valence electrons. The van der Waals surface area contributed by atoms with Crippen LogP contribution in [0.3, 0.4) is 0 Å². The zero-order valence-corrected chi connectivity index (χ0v) is 11.4. The summed E-state index contributed by atoms with van der Waals surface area (Å²) in [6.45, 7) is -0.739. The molecule has 1 atom stereocenters. The highest BCUT2D eigenvalue weighted by Gasteiger charge is 2.44. The van der Waals surface area contributed by atoms with E-state index in [1.54, 1.807) is 24.4 Å². The van der Waals surface area contributed by atoms with Gasteiger partial charge in [-0.25, -0.2) is 8.78 Å². The molecule has 1 saturated heterocycles. The van der Waals surface area contributed by atoms with Gasteiger partial charge in [0.2, 0.25) is 0 Å². The Kier molecular flexibility index (Phi) is 3.41. The number of carbonyl (C=O) groups excluding carboxylic acids is 1. The van der Waals surface area contributed by atoms with Crippen molar-refractivity contribution < 1.29 is 18.7 Å². The van der Waals surface area contributed by atoms with E-state index in [0.29, 0.717) is 5.56 Å². The quantitative estimate of drug-likeness (QED) is 0.892. The maximum absolute atomic E-state index is 13.6. The van der Waals surface area contributed by atoms with Crippen LogP contribution in [-0.4, -0.2) is 46.5 Å². The first kappa shape index (κ1) is 14.0. The second-order valence-electron chi connectivity index (χ2n) is 5.39. The second kappa shape index (κ2) is 5.11. The van der Waals surface area contributed by atoms with Gasteiger partial charge in [-0.05, 0) is 18.2 Å². The number of rotatable bonds is 2. The molecule has 1 fully saturated rings. The Bertz CT molecular complexity index is 668. The molecule has 1 aromatic carbocycles. The molecule has 0 saturated carbocycles. The number of nitrogens with one attached hydrogen (secondary N) is 1. The van der Waals surface area contributed by atoms with Crippen LogP contribution in [0.2, 0.25) is 0 Å². The van der Waals surface area contributed by atoms with E-state index in [0.717, 1.165) is 10.9 Å². The predicted octanol–water partition coefficient (Wildman–Crippen LogP) is 2.26. The lowest BCUT2D eigenvalue weighted by Gasteiger charge is -2.37. The summed E-state index contributed by atoms with van der Waals surface area (Å²) in [5, 5.41) is 9.89. The predicted molar refractivity (Wildman–Crippen MR) is 74.3 cm³/mol. The van der Waals surface area contributed by atoms with E-state index in [1.165, 1.54) is 4.90 Å². The lowest BCUT2D eigenvalue weighted by Crippen LogP contribution is -2.50. The van der Waals surface area contributed by atoms with Crippen molar-refractivity contribution in [3.8, 4) is 0 Å². The number of nitrogens with zero attached hydrogens (tertiary/aromatic N) is 1. The number of aromatic amines is 1. The smallest absolute Gasteiger partial charge is 0.256 e. The van der Waals surface area contributed by atoms with Gasteiger partial charge in [0.1, 0.15) is 0 Å². The molecule has 2 heterocycles. The Balaban J connectivity index is 1.87. The van der Waals surface area contributed by atoms with Crippen LogP contribution in [0.5, 0.6) is 0 Å². The number of aliphatic hydroxyl groups is 1. The first-order valence-electron chi connectivity index (χ1n) is 6.87. The van der Waals surface area contributed by atoms with Crippen molar-refractivity contribution in [1.82, 2.24) is 9.88 Å². The number of amides is 1. The van der Waals surface area contributed by atoms with E-state index in [2.05, 4.69) is 4.98 Å². The summed E-state index contributed by atoms with van der Waals surface area (Å²) in [5.74, 6) is -4.37. The number of hydrogen-bond donors (Lipinski definition) is 2. The highest BCUT2D eigenvalue weighted by Crippen LogP contribution is 2.34. The molecule has 0 bridgehead atoms. The average Bonchev–Trinajstić information content (AvgIpc) is 2.94. The van der Waals surface area contributed by atoms with E-state index in [4.69, 9.17) is 5.11 Å². The number of hydrogen-bond acceptors (Lipinski definition) is 2. The van der Waals surface area contributed by atoms with E-state index >= 15 is 0 Å². The van der Waals surface area contributed by atoms with Gasteiger partial charge in [-0.15, -0.1) is 0 Å². The number of aliphatic hydroxyl groups excluding tert-OH is 1. The van der Waals surface area contributed by atoms with Crippen molar-refractivity contribution >= 4 is 16.8 Å². The van der Waals surface area contributed by atoms with E-state index in [-0.39, 0.29) is 19.0 Å². The second-order valence-corrected chi connectivity index (χ2v) is 5.39. The molecule has 1 aromatic heterocycles. The van der Waals surface area contributed by atoms with Gasteiger partial charge < -0.3 is 15.0 Å². The first-order valence-corrected chi connectivity index (χ1v) is 6.87. The number of aromatic nitrogens is 1. The summed E-state index contributed by atoms with van der Waals surface area (Å²) >= 11 is 0. The van der Waals surface area contributed by atoms with Crippen molar-refractivity contribution in [3.63, 3.8) is 0 Å². The Morgan fingerprint density at radius 3 is 3.00 bits per heavy atom. The highest BCUT2D eigenvalue weighted by atomic mass is 19.3. The summed E-state index contributed by atoms with van der Waals surface area (Å²) in [6, 6.07) is 7.10. The van der Waals surface area contributed by atoms with Gasteiger partial charge in [0.05, 0.1) is 12.5 Å². The third kappa shape index (κ3) is 2.40. The standard InChI is InChI=1S/C15H16F2N2O2/c16-15(17)5-7-19(8-10(15)9-20)14(21)12-2-1-3-13-11(12)4-6-18-13/h1-4,6,10,18,20H,5,7-9H2. The number of benzene rings is 1. The minimum Gasteiger partial charge on any atom is -0.396 e. The molecular weight excluding hydrogens is 278 g/mol. The number of alkyl halides is 2. The molecule has 3 rings (SSSR count). The van der Waals surface area contributed by atoms with Gasteiger partial charge in [-0.3, -0.25) is 4.79 Å². The van der Waals surface area contributed by atoms with Gasteiger partial charge in [0.25, 0.3) is 11.8 Å². The van der Waals surface area contributed by atoms with Crippen LogP contribution in [0, 0.1) is 5.92 Å². The van der Waals surface area contributed by atoms with Gasteiger partial charge in [0, 0.05) is 42.2 Å². The first-order chi connectivity index (χ1) is 10.0. The molecule has 0 radical (unpaired) electrons. The molecule has 1 aliphatic rings. The lowest BCUT2D eigenvalue weighted by atomic mass is 9.93. The molecule has 1 unspecified atom stereocenters. The fraction of sp³-hybridized carbons (Fsp3) is 0.400. The Morgan fingerprint density at radius 2 is 2.24 bits per heavy atom. The fourth-order valence-electron chi connectivity index (χ4n) is 2.80. The third-order valence-corrected chi connectivity index (χ3v) is 4.09. The number of fused-ring (bicyclic) bond motifs is 1. The number of halogens is 2. The summed E-state index contributed by atoms with van der Waals surface area (Å²) in [6.07, 6.45) is 1.33. The molecule has 2 aromatic rings. The number of carbonyl (C=O) groups is 1. The third-order valence-electron chi connectivity index (χ3n) is 4.09. The van der Waals surface area contributed by atoms with Gasteiger partial charge >= 0.3 is 0 Å². The summed E-state index contributed by atoms with van der Waals surface area (Å²) < 4.78 is 27.2. The van der Waals surface area contributed by atoms with Gasteiger partial charge in [-0.2, -0.15) is 0 Å². The topological polar surface area (TPSA) is 56.3 Å². The SMILES string of the molecule is O=C(c1cccc2[nH]ccc12)N1CCC(F)(F)C(CO)C1. The van der Waals surface area contributed by atoms with Crippen LogP contribution >= 0.6 is 0 Å². The van der Waals surface area contributed by atoms with Crippen LogP contribution in [0.15, 0.2) is 30.5 Å². The average molecular weight is 294 g/mol. The van der Waals surface area contributed by atoms with Crippen LogP contribution in [0.25, 0.3) is 10.9 Å². The summed E-state index contributed by atoms with van der Waals surface area (Å²) in [4.78, 5) is 17.0. The maximum atomic E-state index is 13.6.